The molecule has 0 spiro atoms. The number of nitrogens with one attached hydrogen (secondary N) is 1. The van der Waals surface area contributed by atoms with Crippen LogP contribution in [0.5, 0.6) is 0 Å². The molecule has 2 aromatic rings. The van der Waals surface area contributed by atoms with Crippen molar-refractivity contribution in [2.45, 2.75) is 6.54 Å². The number of aromatic carboxylic acids is 1. The van der Waals surface area contributed by atoms with Crippen molar-refractivity contribution in [2.75, 3.05) is 5.32 Å². The van der Waals surface area contributed by atoms with Gasteiger partial charge in [0.2, 0.25) is 0 Å². The Hall–Kier alpha value is -1.27. The molecule has 2 N–H and O–H groups in total. The molecule has 2 rings (SSSR count). The lowest BCUT2D eigenvalue weighted by molar-refractivity contribution is 0.0696. The van der Waals surface area contributed by atoms with Gasteiger partial charge in [0, 0.05) is 14.6 Å². The van der Waals surface area contributed by atoms with Gasteiger partial charge in [0.15, 0.2) is 0 Å². The molecule has 1 heterocycles. The molecule has 0 aliphatic carbocycles. The summed E-state index contributed by atoms with van der Waals surface area (Å²) >= 11 is 6.80. The molecule has 0 atom stereocenters. The lowest BCUT2D eigenvalue weighted by Crippen LogP contribution is -1.99. The first-order valence-electron chi connectivity index (χ1n) is 5.06. The summed E-state index contributed by atoms with van der Waals surface area (Å²) in [5, 5.41) is 11.9. The van der Waals surface area contributed by atoms with E-state index in [0.29, 0.717) is 12.3 Å². The second-order valence-corrected chi connectivity index (χ2v) is 5.35. The van der Waals surface area contributed by atoms with Crippen molar-refractivity contribution in [3.8, 4) is 0 Å². The van der Waals surface area contributed by atoms with E-state index in [1.165, 1.54) is 12.3 Å². The van der Waals surface area contributed by atoms with E-state index in [1.54, 1.807) is 0 Å². The Morgan fingerprint density at radius 1 is 1.33 bits per heavy atom. The zero-order chi connectivity index (χ0) is 13.1. The second-order valence-electron chi connectivity index (χ2n) is 3.58. The fourth-order valence-electron chi connectivity index (χ4n) is 1.40. The molecular formula is C12H9Br2NO3. The number of benzene rings is 1. The van der Waals surface area contributed by atoms with E-state index >= 15 is 0 Å². The molecule has 0 unspecified atom stereocenters. The number of carboxylic acid groups (broad SMARTS) is 1. The Morgan fingerprint density at radius 3 is 2.72 bits per heavy atom. The van der Waals surface area contributed by atoms with Crippen LogP contribution in [0.1, 0.15) is 16.1 Å². The first-order chi connectivity index (χ1) is 8.56. The zero-order valence-electron chi connectivity index (χ0n) is 9.11. The summed E-state index contributed by atoms with van der Waals surface area (Å²) in [4.78, 5) is 10.7. The predicted molar refractivity (Wildman–Crippen MR) is 74.8 cm³/mol. The molecule has 0 amide bonds. The molecule has 94 valence electrons. The van der Waals surface area contributed by atoms with E-state index in [4.69, 9.17) is 9.52 Å². The molecule has 0 aliphatic rings. The van der Waals surface area contributed by atoms with Gasteiger partial charge in [-0.15, -0.1) is 0 Å². The summed E-state index contributed by atoms with van der Waals surface area (Å²) < 4.78 is 7.04. The number of rotatable bonds is 4. The number of hydrogen-bond donors (Lipinski definition) is 2. The van der Waals surface area contributed by atoms with Crippen molar-refractivity contribution in [2.24, 2.45) is 0 Å². The Kier molecular flexibility index (Phi) is 4.08. The van der Waals surface area contributed by atoms with Crippen LogP contribution in [0.3, 0.4) is 0 Å². The number of carboxylic acids is 1. The fourth-order valence-corrected chi connectivity index (χ4v) is 2.59. The lowest BCUT2D eigenvalue weighted by Gasteiger charge is -2.07. The number of carbonyl (C=O) groups is 1. The third-order valence-corrected chi connectivity index (χ3v) is 3.43. The molecule has 0 saturated heterocycles. The standard InChI is InChI=1S/C12H9Br2NO3/c13-8-1-2-11(10(14)4-8)15-5-9-3-7(6-18-9)12(16)17/h1-4,6,15H,5H2,(H,16,17). The van der Waals surface area contributed by atoms with Gasteiger partial charge in [-0.2, -0.15) is 0 Å². The van der Waals surface area contributed by atoms with Crippen molar-refractivity contribution in [3.63, 3.8) is 0 Å². The van der Waals surface area contributed by atoms with Crippen LogP contribution in [0, 0.1) is 0 Å². The van der Waals surface area contributed by atoms with E-state index in [9.17, 15) is 4.79 Å². The highest BCUT2D eigenvalue weighted by atomic mass is 79.9. The third kappa shape index (κ3) is 3.14. The van der Waals surface area contributed by atoms with Gasteiger partial charge in [-0.1, -0.05) is 15.9 Å². The number of hydrogen-bond acceptors (Lipinski definition) is 3. The predicted octanol–water partition coefficient (Wildman–Crippen LogP) is 4.11. The maximum Gasteiger partial charge on any atom is 0.338 e. The van der Waals surface area contributed by atoms with Crippen LogP contribution in [0.4, 0.5) is 5.69 Å². The first-order valence-corrected chi connectivity index (χ1v) is 6.64. The molecule has 0 fully saturated rings. The topological polar surface area (TPSA) is 62.5 Å². The van der Waals surface area contributed by atoms with Crippen LogP contribution in [-0.2, 0) is 6.54 Å². The van der Waals surface area contributed by atoms with E-state index in [0.717, 1.165) is 14.6 Å². The van der Waals surface area contributed by atoms with Gasteiger partial charge in [0.1, 0.15) is 12.0 Å². The number of halogens is 2. The molecule has 1 aromatic heterocycles. The normalized spacial score (nSPS) is 10.3. The van der Waals surface area contributed by atoms with Crippen LogP contribution in [0.25, 0.3) is 0 Å². The average molecular weight is 375 g/mol. The molecule has 0 bridgehead atoms. The van der Waals surface area contributed by atoms with Gasteiger partial charge in [-0.3, -0.25) is 0 Å². The van der Waals surface area contributed by atoms with Crippen molar-refractivity contribution in [3.05, 3.63) is 50.8 Å². The first kappa shape index (κ1) is 13.2. The maximum absolute atomic E-state index is 10.7. The quantitative estimate of drug-likeness (QED) is 0.845. The highest BCUT2D eigenvalue weighted by Crippen LogP contribution is 2.26. The minimum Gasteiger partial charge on any atom is -0.478 e. The molecule has 0 radical (unpaired) electrons. The summed E-state index contributed by atoms with van der Waals surface area (Å²) in [6.07, 6.45) is 1.23. The van der Waals surface area contributed by atoms with E-state index in [1.807, 2.05) is 18.2 Å². The summed E-state index contributed by atoms with van der Waals surface area (Å²) in [6.45, 7) is 0.424. The number of anilines is 1. The Bertz CT molecular complexity index is 580. The highest BCUT2D eigenvalue weighted by Gasteiger charge is 2.08. The van der Waals surface area contributed by atoms with Gasteiger partial charge >= 0.3 is 5.97 Å². The monoisotopic (exact) mass is 373 g/mol. The molecule has 1 aromatic carbocycles. The van der Waals surface area contributed by atoms with Crippen molar-refractivity contribution in [1.82, 2.24) is 0 Å². The molecule has 18 heavy (non-hydrogen) atoms. The van der Waals surface area contributed by atoms with Gasteiger partial charge in [-0.25, -0.2) is 4.79 Å². The molecular weight excluding hydrogens is 366 g/mol. The van der Waals surface area contributed by atoms with E-state index in [-0.39, 0.29) is 5.56 Å². The summed E-state index contributed by atoms with van der Waals surface area (Å²) in [5.74, 6) is -0.419. The third-order valence-electron chi connectivity index (χ3n) is 2.28. The maximum atomic E-state index is 10.7. The molecule has 0 aliphatic heterocycles. The van der Waals surface area contributed by atoms with Gasteiger partial charge in [0.05, 0.1) is 12.1 Å². The smallest absolute Gasteiger partial charge is 0.338 e. The van der Waals surface area contributed by atoms with Crippen molar-refractivity contribution in [1.29, 1.82) is 0 Å². The highest BCUT2D eigenvalue weighted by molar-refractivity contribution is 9.11. The Balaban J connectivity index is 2.04. The second kappa shape index (κ2) is 5.58. The Labute approximate surface area is 120 Å². The SMILES string of the molecule is O=C(O)c1coc(CNc2ccc(Br)cc2Br)c1. The minimum absolute atomic E-state index is 0.154. The van der Waals surface area contributed by atoms with E-state index in [2.05, 4.69) is 37.2 Å². The van der Waals surface area contributed by atoms with Gasteiger partial charge in [0.25, 0.3) is 0 Å². The molecule has 0 saturated carbocycles. The minimum atomic E-state index is -0.991. The Morgan fingerprint density at radius 2 is 2.11 bits per heavy atom. The van der Waals surface area contributed by atoms with Crippen molar-refractivity contribution < 1.29 is 14.3 Å². The zero-order valence-corrected chi connectivity index (χ0v) is 12.3. The molecule has 6 heteroatoms. The van der Waals surface area contributed by atoms with Crippen LogP contribution in [0.15, 0.2) is 43.9 Å². The molecule has 4 nitrogen and oxygen atoms in total. The largest absolute Gasteiger partial charge is 0.478 e. The summed E-state index contributed by atoms with van der Waals surface area (Å²) in [7, 11) is 0. The average Bonchev–Trinajstić information content (AvgIpc) is 2.76. The van der Waals surface area contributed by atoms with Crippen molar-refractivity contribution >= 4 is 43.5 Å². The van der Waals surface area contributed by atoms with Crippen LogP contribution in [0.2, 0.25) is 0 Å². The van der Waals surface area contributed by atoms with Crippen LogP contribution >= 0.6 is 31.9 Å². The summed E-state index contributed by atoms with van der Waals surface area (Å²) in [5.41, 5.74) is 1.06. The van der Waals surface area contributed by atoms with Gasteiger partial charge < -0.3 is 14.8 Å². The van der Waals surface area contributed by atoms with E-state index < -0.39 is 5.97 Å². The van der Waals surface area contributed by atoms with Gasteiger partial charge in [-0.05, 0) is 40.2 Å². The number of furan rings is 1. The van der Waals surface area contributed by atoms with Crippen LogP contribution < -0.4 is 5.32 Å². The summed E-state index contributed by atoms with van der Waals surface area (Å²) in [6, 6.07) is 7.25. The fraction of sp³-hybridized carbons (Fsp3) is 0.0833. The lowest BCUT2D eigenvalue weighted by atomic mass is 10.3. The van der Waals surface area contributed by atoms with Crippen LogP contribution in [-0.4, -0.2) is 11.1 Å².